The van der Waals surface area contributed by atoms with E-state index in [0.29, 0.717) is 17.9 Å². The van der Waals surface area contributed by atoms with Crippen LogP contribution >= 0.6 is 23.2 Å². The molecule has 0 saturated heterocycles. The zero-order valence-corrected chi connectivity index (χ0v) is 12.5. The molecule has 0 aliphatic rings. The Morgan fingerprint density at radius 1 is 1.19 bits per heavy atom. The number of carboxylic acid groups (broad SMARTS) is 1. The van der Waals surface area contributed by atoms with E-state index in [9.17, 15) is 14.3 Å². The van der Waals surface area contributed by atoms with E-state index in [1.165, 1.54) is 18.2 Å². The first kappa shape index (κ1) is 15.6. The Morgan fingerprint density at radius 2 is 1.90 bits per heavy atom. The minimum atomic E-state index is -1.17. The summed E-state index contributed by atoms with van der Waals surface area (Å²) in [4.78, 5) is 11.2. The fourth-order valence-corrected chi connectivity index (χ4v) is 2.40. The zero-order valence-electron chi connectivity index (χ0n) is 11.0. The quantitative estimate of drug-likeness (QED) is 0.868. The van der Waals surface area contributed by atoms with Crippen molar-refractivity contribution >= 4 is 29.2 Å². The van der Waals surface area contributed by atoms with Crippen molar-refractivity contribution in [2.24, 2.45) is 0 Å². The van der Waals surface area contributed by atoms with E-state index in [1.54, 1.807) is 6.92 Å². The third kappa shape index (κ3) is 3.28. The topological polar surface area (TPSA) is 46.5 Å². The molecule has 0 aromatic heterocycles. The highest BCUT2D eigenvalue weighted by Crippen LogP contribution is 2.38. The highest BCUT2D eigenvalue weighted by atomic mass is 35.5. The first-order chi connectivity index (χ1) is 9.93. The summed E-state index contributed by atoms with van der Waals surface area (Å²) in [5, 5.41) is 9.70. The fourth-order valence-electron chi connectivity index (χ4n) is 1.93. The predicted octanol–water partition coefficient (Wildman–Crippen LogP) is 4.90. The van der Waals surface area contributed by atoms with Crippen LogP contribution in [0.1, 0.15) is 17.3 Å². The van der Waals surface area contributed by atoms with Crippen LogP contribution in [0.15, 0.2) is 30.3 Å². The van der Waals surface area contributed by atoms with Gasteiger partial charge in [0.05, 0.1) is 22.2 Å². The molecule has 0 radical (unpaired) electrons. The van der Waals surface area contributed by atoms with Crippen LogP contribution in [0, 0.1) is 5.82 Å². The maximum absolute atomic E-state index is 13.4. The van der Waals surface area contributed by atoms with E-state index in [0.717, 1.165) is 12.1 Å². The van der Waals surface area contributed by atoms with Gasteiger partial charge in [0.1, 0.15) is 11.6 Å². The fraction of sp³-hybridized carbons (Fsp3) is 0.133. The second kappa shape index (κ2) is 6.33. The van der Waals surface area contributed by atoms with Crippen molar-refractivity contribution in [3.63, 3.8) is 0 Å². The second-order valence-electron chi connectivity index (χ2n) is 4.19. The molecule has 0 spiro atoms. The van der Waals surface area contributed by atoms with E-state index in [2.05, 4.69) is 0 Å². The molecule has 2 rings (SSSR count). The molecule has 0 amide bonds. The van der Waals surface area contributed by atoms with Gasteiger partial charge in [0.2, 0.25) is 0 Å². The van der Waals surface area contributed by atoms with Crippen LogP contribution < -0.4 is 4.74 Å². The van der Waals surface area contributed by atoms with Gasteiger partial charge in [-0.3, -0.25) is 0 Å². The van der Waals surface area contributed by atoms with E-state index in [4.69, 9.17) is 27.9 Å². The monoisotopic (exact) mass is 328 g/mol. The van der Waals surface area contributed by atoms with Crippen LogP contribution in [0.25, 0.3) is 11.1 Å². The molecule has 0 aliphatic heterocycles. The lowest BCUT2D eigenvalue weighted by Crippen LogP contribution is -2.01. The van der Waals surface area contributed by atoms with Gasteiger partial charge >= 0.3 is 5.97 Å². The summed E-state index contributed by atoms with van der Waals surface area (Å²) in [5.41, 5.74) is 0.443. The van der Waals surface area contributed by atoms with Crippen molar-refractivity contribution in [1.82, 2.24) is 0 Å². The lowest BCUT2D eigenvalue weighted by molar-refractivity contribution is 0.0697. The number of aromatic carboxylic acids is 1. The normalized spacial score (nSPS) is 10.5. The van der Waals surface area contributed by atoms with E-state index in [1.807, 2.05) is 0 Å². The highest BCUT2D eigenvalue weighted by molar-refractivity contribution is 6.36. The third-order valence-electron chi connectivity index (χ3n) is 2.82. The number of carbonyl (C=O) groups is 1. The van der Waals surface area contributed by atoms with E-state index in [-0.39, 0.29) is 21.2 Å². The van der Waals surface area contributed by atoms with Crippen molar-refractivity contribution in [1.29, 1.82) is 0 Å². The Morgan fingerprint density at radius 3 is 2.52 bits per heavy atom. The molecule has 0 heterocycles. The molecule has 21 heavy (non-hydrogen) atoms. The zero-order chi connectivity index (χ0) is 15.6. The average molecular weight is 329 g/mol. The smallest absolute Gasteiger partial charge is 0.336 e. The third-order valence-corrected chi connectivity index (χ3v) is 3.43. The molecule has 6 heteroatoms. The Labute approximate surface area is 130 Å². The Kier molecular flexibility index (Phi) is 4.70. The summed E-state index contributed by atoms with van der Waals surface area (Å²) in [7, 11) is 0. The molecule has 0 fully saturated rings. The number of rotatable bonds is 4. The number of benzene rings is 2. The van der Waals surface area contributed by atoms with Crippen LogP contribution in [-0.2, 0) is 0 Å². The van der Waals surface area contributed by atoms with Crippen LogP contribution in [0.5, 0.6) is 5.75 Å². The van der Waals surface area contributed by atoms with Gasteiger partial charge in [-0.1, -0.05) is 23.2 Å². The van der Waals surface area contributed by atoms with Gasteiger partial charge in [-0.25, -0.2) is 9.18 Å². The summed E-state index contributed by atoms with van der Waals surface area (Å²) in [6, 6.07) is 6.33. The highest BCUT2D eigenvalue weighted by Gasteiger charge is 2.17. The number of carboxylic acids is 1. The lowest BCUT2D eigenvalue weighted by atomic mass is 9.99. The SMILES string of the molecule is CCOc1cc(Cl)c(-c2cc(F)ccc2C(=O)O)cc1Cl. The molecule has 3 nitrogen and oxygen atoms in total. The van der Waals surface area contributed by atoms with Gasteiger partial charge in [-0.05, 0) is 31.2 Å². The second-order valence-corrected chi connectivity index (χ2v) is 5.00. The maximum atomic E-state index is 13.4. The van der Waals surface area contributed by atoms with Crippen molar-refractivity contribution in [2.75, 3.05) is 6.61 Å². The van der Waals surface area contributed by atoms with Crippen LogP contribution in [0.3, 0.4) is 0 Å². The standard InChI is InChI=1S/C15H11Cl2FO3/c1-2-21-14-7-12(16)11(6-13(14)17)10-5-8(18)3-4-9(10)15(19)20/h3-7H,2H2,1H3,(H,19,20). The first-order valence-corrected chi connectivity index (χ1v) is 6.84. The van der Waals surface area contributed by atoms with Gasteiger partial charge in [0, 0.05) is 17.2 Å². The van der Waals surface area contributed by atoms with Crippen LogP contribution in [0.2, 0.25) is 10.0 Å². The van der Waals surface area contributed by atoms with Crippen molar-refractivity contribution in [3.8, 4) is 16.9 Å². The summed E-state index contributed by atoms with van der Waals surface area (Å²) < 4.78 is 18.7. The lowest BCUT2D eigenvalue weighted by Gasteiger charge is -2.12. The molecule has 0 atom stereocenters. The Bertz CT molecular complexity index is 702. The molecule has 1 N–H and O–H groups in total. The number of ether oxygens (including phenoxy) is 1. The molecule has 2 aromatic carbocycles. The number of hydrogen-bond donors (Lipinski definition) is 1. The minimum absolute atomic E-state index is 0.0569. The van der Waals surface area contributed by atoms with Gasteiger partial charge in [0.25, 0.3) is 0 Å². The summed E-state index contributed by atoms with van der Waals surface area (Å²) >= 11 is 12.2. The number of hydrogen-bond acceptors (Lipinski definition) is 2. The molecule has 110 valence electrons. The maximum Gasteiger partial charge on any atom is 0.336 e. The molecule has 0 saturated carbocycles. The Balaban J connectivity index is 2.64. The Hall–Kier alpha value is -1.78. The summed E-state index contributed by atoms with van der Waals surface area (Å²) in [6.07, 6.45) is 0. The molecule has 0 unspecified atom stereocenters. The van der Waals surface area contributed by atoms with Crippen LogP contribution in [-0.4, -0.2) is 17.7 Å². The van der Waals surface area contributed by atoms with Gasteiger partial charge in [-0.2, -0.15) is 0 Å². The van der Waals surface area contributed by atoms with Crippen molar-refractivity contribution in [2.45, 2.75) is 6.92 Å². The molecule has 0 aliphatic carbocycles. The molecular formula is C15H11Cl2FO3. The molecule has 2 aromatic rings. The first-order valence-electron chi connectivity index (χ1n) is 6.09. The van der Waals surface area contributed by atoms with Gasteiger partial charge in [-0.15, -0.1) is 0 Å². The van der Waals surface area contributed by atoms with Crippen molar-refractivity contribution < 1.29 is 19.0 Å². The van der Waals surface area contributed by atoms with Crippen molar-refractivity contribution in [3.05, 3.63) is 51.8 Å². The number of halogens is 3. The van der Waals surface area contributed by atoms with Gasteiger partial charge in [0.15, 0.2) is 0 Å². The van der Waals surface area contributed by atoms with Gasteiger partial charge < -0.3 is 9.84 Å². The van der Waals surface area contributed by atoms with Crippen LogP contribution in [0.4, 0.5) is 4.39 Å². The van der Waals surface area contributed by atoms with E-state index < -0.39 is 11.8 Å². The summed E-state index contributed by atoms with van der Waals surface area (Å²) in [5.74, 6) is -1.34. The largest absolute Gasteiger partial charge is 0.492 e. The van der Waals surface area contributed by atoms with E-state index >= 15 is 0 Å². The molecule has 0 bridgehead atoms. The summed E-state index contributed by atoms with van der Waals surface area (Å²) in [6.45, 7) is 2.21. The minimum Gasteiger partial charge on any atom is -0.492 e. The molecular weight excluding hydrogens is 318 g/mol. The predicted molar refractivity (Wildman–Crippen MR) is 80.0 cm³/mol. The average Bonchev–Trinajstić information content (AvgIpc) is 2.42.